The van der Waals surface area contributed by atoms with E-state index in [0.717, 1.165) is 41.4 Å². The summed E-state index contributed by atoms with van der Waals surface area (Å²) in [5.74, 6) is 1.46. The standard InChI is InChI=1S/C26H36N2O2/c1-6-24(30-25-16-18(2)9-10-20(25)4)26(29)27-21(5)22-11-13-23(14-12-22)28-15-7-8-19(3)17-28/h9-14,16,19,21,24H,6-8,15,17H2,1-5H3,(H,27,29)/t19-,21-,24-/m0/s1. The van der Waals surface area contributed by atoms with E-state index in [2.05, 4.69) is 47.5 Å². The van der Waals surface area contributed by atoms with E-state index in [1.54, 1.807) is 0 Å². The van der Waals surface area contributed by atoms with Gasteiger partial charge < -0.3 is 15.0 Å². The molecule has 3 rings (SSSR count). The molecule has 1 amide bonds. The highest BCUT2D eigenvalue weighted by molar-refractivity contribution is 5.81. The number of carbonyl (C=O) groups excluding carboxylic acids is 1. The summed E-state index contributed by atoms with van der Waals surface area (Å²) in [6, 6.07) is 14.6. The van der Waals surface area contributed by atoms with Crippen LogP contribution in [0.1, 0.15) is 62.8 Å². The Kier molecular flexibility index (Phi) is 7.41. The number of hydrogen-bond acceptors (Lipinski definition) is 3. The van der Waals surface area contributed by atoms with E-state index in [4.69, 9.17) is 4.74 Å². The van der Waals surface area contributed by atoms with Crippen molar-refractivity contribution in [1.29, 1.82) is 0 Å². The average molecular weight is 409 g/mol. The summed E-state index contributed by atoms with van der Waals surface area (Å²) in [5.41, 5.74) is 4.55. The predicted molar refractivity (Wildman–Crippen MR) is 124 cm³/mol. The molecule has 0 unspecified atom stereocenters. The Bertz CT molecular complexity index is 847. The van der Waals surface area contributed by atoms with E-state index in [9.17, 15) is 4.79 Å². The summed E-state index contributed by atoms with van der Waals surface area (Å²) in [6.45, 7) is 12.6. The quantitative estimate of drug-likeness (QED) is 0.651. The lowest BCUT2D eigenvalue weighted by Gasteiger charge is -2.33. The highest BCUT2D eigenvalue weighted by Crippen LogP contribution is 2.25. The van der Waals surface area contributed by atoms with Crippen molar-refractivity contribution >= 4 is 11.6 Å². The first kappa shape index (κ1) is 22.2. The number of nitrogens with zero attached hydrogens (tertiary/aromatic N) is 1. The van der Waals surface area contributed by atoms with Crippen molar-refractivity contribution in [2.45, 2.75) is 66.0 Å². The van der Waals surface area contributed by atoms with Crippen LogP contribution in [0.15, 0.2) is 42.5 Å². The summed E-state index contributed by atoms with van der Waals surface area (Å²) >= 11 is 0. The number of benzene rings is 2. The SMILES string of the molecule is CC[C@H](Oc1cc(C)ccc1C)C(=O)N[C@@H](C)c1ccc(N2CCC[C@H](C)C2)cc1. The number of aryl methyl sites for hydroxylation is 2. The van der Waals surface area contributed by atoms with E-state index in [0.29, 0.717) is 6.42 Å². The Hall–Kier alpha value is -2.49. The normalized spacial score (nSPS) is 18.6. The molecule has 2 aromatic rings. The summed E-state index contributed by atoms with van der Waals surface area (Å²) in [5, 5.41) is 3.13. The van der Waals surface area contributed by atoms with Crippen LogP contribution in [0.2, 0.25) is 0 Å². The minimum absolute atomic E-state index is 0.0666. The van der Waals surface area contributed by atoms with Gasteiger partial charge in [-0.1, -0.05) is 38.1 Å². The summed E-state index contributed by atoms with van der Waals surface area (Å²) in [6.07, 6.45) is 2.70. The first-order valence-corrected chi connectivity index (χ1v) is 11.3. The maximum Gasteiger partial charge on any atom is 0.261 e. The Labute approximate surface area is 181 Å². The maximum atomic E-state index is 12.9. The molecule has 4 nitrogen and oxygen atoms in total. The molecule has 3 atom stereocenters. The van der Waals surface area contributed by atoms with Gasteiger partial charge in [0.1, 0.15) is 5.75 Å². The van der Waals surface area contributed by atoms with Gasteiger partial charge in [0.2, 0.25) is 0 Å². The van der Waals surface area contributed by atoms with E-state index in [1.165, 1.54) is 18.5 Å². The third-order valence-corrected chi connectivity index (χ3v) is 6.05. The maximum absolute atomic E-state index is 12.9. The van der Waals surface area contributed by atoms with Crippen molar-refractivity contribution in [2.75, 3.05) is 18.0 Å². The second-order valence-electron chi connectivity index (χ2n) is 8.80. The third-order valence-electron chi connectivity index (χ3n) is 6.05. The molecule has 1 saturated heterocycles. The summed E-state index contributed by atoms with van der Waals surface area (Å²) in [4.78, 5) is 15.3. The Morgan fingerprint density at radius 2 is 1.93 bits per heavy atom. The molecule has 30 heavy (non-hydrogen) atoms. The van der Waals surface area contributed by atoms with Crippen molar-refractivity contribution in [2.24, 2.45) is 5.92 Å². The van der Waals surface area contributed by atoms with Crippen LogP contribution in [0, 0.1) is 19.8 Å². The van der Waals surface area contributed by atoms with Gasteiger partial charge in [-0.05, 0) is 80.8 Å². The van der Waals surface area contributed by atoms with Crippen molar-refractivity contribution in [3.63, 3.8) is 0 Å². The van der Waals surface area contributed by atoms with Gasteiger partial charge >= 0.3 is 0 Å². The third kappa shape index (κ3) is 5.56. The number of piperidine rings is 1. The smallest absolute Gasteiger partial charge is 0.261 e. The van der Waals surface area contributed by atoms with Crippen molar-refractivity contribution in [3.8, 4) is 5.75 Å². The fourth-order valence-electron chi connectivity index (χ4n) is 4.10. The molecule has 1 heterocycles. The Morgan fingerprint density at radius 3 is 2.60 bits per heavy atom. The van der Waals surface area contributed by atoms with Gasteiger partial charge in [0.15, 0.2) is 6.10 Å². The van der Waals surface area contributed by atoms with Gasteiger partial charge in [-0.3, -0.25) is 4.79 Å². The topological polar surface area (TPSA) is 41.6 Å². The molecular formula is C26H36N2O2. The molecular weight excluding hydrogens is 372 g/mol. The van der Waals surface area contributed by atoms with Gasteiger partial charge in [0.05, 0.1) is 6.04 Å². The van der Waals surface area contributed by atoms with Crippen LogP contribution < -0.4 is 15.0 Å². The van der Waals surface area contributed by atoms with Gasteiger partial charge in [-0.25, -0.2) is 0 Å². The molecule has 1 fully saturated rings. The van der Waals surface area contributed by atoms with E-state index in [1.807, 2.05) is 39.8 Å². The van der Waals surface area contributed by atoms with Crippen LogP contribution in [-0.2, 0) is 4.79 Å². The van der Waals surface area contributed by atoms with Crippen LogP contribution in [0.25, 0.3) is 0 Å². The molecule has 1 aliphatic heterocycles. The lowest BCUT2D eigenvalue weighted by Crippen LogP contribution is -2.39. The predicted octanol–water partition coefficient (Wildman–Crippen LogP) is 5.57. The van der Waals surface area contributed by atoms with E-state index in [-0.39, 0.29) is 11.9 Å². The zero-order valence-electron chi connectivity index (χ0n) is 19.1. The number of anilines is 1. The van der Waals surface area contributed by atoms with E-state index >= 15 is 0 Å². The molecule has 162 valence electrons. The second-order valence-corrected chi connectivity index (χ2v) is 8.80. The number of rotatable bonds is 7. The molecule has 4 heteroatoms. The van der Waals surface area contributed by atoms with Crippen LogP contribution in [0.5, 0.6) is 5.75 Å². The van der Waals surface area contributed by atoms with Crippen LogP contribution >= 0.6 is 0 Å². The zero-order valence-corrected chi connectivity index (χ0v) is 19.1. The van der Waals surface area contributed by atoms with Crippen LogP contribution in [0.4, 0.5) is 5.69 Å². The van der Waals surface area contributed by atoms with Gasteiger partial charge in [0, 0.05) is 18.8 Å². The molecule has 2 aromatic carbocycles. The molecule has 1 N–H and O–H groups in total. The number of carbonyl (C=O) groups is 1. The minimum Gasteiger partial charge on any atom is -0.480 e. The molecule has 0 spiro atoms. The first-order valence-electron chi connectivity index (χ1n) is 11.3. The lowest BCUT2D eigenvalue weighted by molar-refractivity contribution is -0.128. The molecule has 0 radical (unpaired) electrons. The molecule has 0 saturated carbocycles. The first-order chi connectivity index (χ1) is 14.4. The zero-order chi connectivity index (χ0) is 21.7. The molecule has 0 aromatic heterocycles. The minimum atomic E-state index is -0.498. The number of ether oxygens (including phenoxy) is 1. The van der Waals surface area contributed by atoms with Crippen molar-refractivity contribution in [3.05, 3.63) is 59.2 Å². The molecule has 1 aliphatic rings. The van der Waals surface area contributed by atoms with Crippen molar-refractivity contribution in [1.82, 2.24) is 5.32 Å². The largest absolute Gasteiger partial charge is 0.480 e. The monoisotopic (exact) mass is 408 g/mol. The highest BCUT2D eigenvalue weighted by Gasteiger charge is 2.22. The van der Waals surface area contributed by atoms with Gasteiger partial charge in [0.25, 0.3) is 5.91 Å². The second kappa shape index (κ2) is 10.0. The number of nitrogens with one attached hydrogen (secondary N) is 1. The highest BCUT2D eigenvalue weighted by atomic mass is 16.5. The van der Waals surface area contributed by atoms with Crippen LogP contribution in [0.3, 0.4) is 0 Å². The van der Waals surface area contributed by atoms with Gasteiger partial charge in [-0.2, -0.15) is 0 Å². The molecule has 0 aliphatic carbocycles. The lowest BCUT2D eigenvalue weighted by atomic mass is 9.99. The van der Waals surface area contributed by atoms with Gasteiger partial charge in [-0.15, -0.1) is 0 Å². The average Bonchev–Trinajstić information content (AvgIpc) is 2.74. The van der Waals surface area contributed by atoms with E-state index < -0.39 is 6.10 Å². The summed E-state index contributed by atoms with van der Waals surface area (Å²) < 4.78 is 6.06. The summed E-state index contributed by atoms with van der Waals surface area (Å²) in [7, 11) is 0. The van der Waals surface area contributed by atoms with Crippen molar-refractivity contribution < 1.29 is 9.53 Å². The van der Waals surface area contributed by atoms with Crippen LogP contribution in [-0.4, -0.2) is 25.1 Å². The Morgan fingerprint density at radius 1 is 1.20 bits per heavy atom. The number of amides is 1. The fraction of sp³-hybridized carbons (Fsp3) is 0.500. The Balaban J connectivity index is 1.61. The fourth-order valence-corrected chi connectivity index (χ4v) is 4.10. The molecule has 0 bridgehead atoms. The number of hydrogen-bond donors (Lipinski definition) is 1.